The molecule has 2 fully saturated rings. The second kappa shape index (κ2) is 2.49. The van der Waals surface area contributed by atoms with Gasteiger partial charge >= 0.3 is 0 Å². The monoisotopic (exact) mass is 143 g/mol. The van der Waals surface area contributed by atoms with Gasteiger partial charge in [0, 0.05) is 6.04 Å². The van der Waals surface area contributed by atoms with E-state index in [9.17, 15) is 5.11 Å². The van der Waals surface area contributed by atoms with Crippen LogP contribution in [0.1, 0.15) is 19.3 Å². The highest BCUT2D eigenvalue weighted by molar-refractivity contribution is 4.88. The molecule has 3 heteroatoms. The third-order valence-electron chi connectivity index (χ3n) is 2.40. The van der Waals surface area contributed by atoms with Gasteiger partial charge in [0.1, 0.15) is 0 Å². The van der Waals surface area contributed by atoms with E-state index in [4.69, 9.17) is 4.74 Å². The van der Waals surface area contributed by atoms with E-state index < -0.39 is 0 Å². The highest BCUT2D eigenvalue weighted by atomic mass is 16.5. The number of hydrogen-bond donors (Lipinski definition) is 2. The van der Waals surface area contributed by atoms with E-state index in [-0.39, 0.29) is 6.10 Å². The Kier molecular flexibility index (Phi) is 1.64. The van der Waals surface area contributed by atoms with Crippen LogP contribution in [0.25, 0.3) is 0 Å². The molecular weight excluding hydrogens is 130 g/mol. The fraction of sp³-hybridized carbons (Fsp3) is 1.00. The molecule has 0 amide bonds. The van der Waals surface area contributed by atoms with Gasteiger partial charge in [0.25, 0.3) is 0 Å². The SMILES string of the molecule is OC1CCC2OCNC2C1. The Balaban J connectivity index is 1.96. The number of fused-ring (bicyclic) bond motifs is 1. The van der Waals surface area contributed by atoms with Crippen LogP contribution in [0, 0.1) is 0 Å². The molecule has 2 aliphatic rings. The van der Waals surface area contributed by atoms with Gasteiger partial charge in [-0.2, -0.15) is 0 Å². The molecule has 0 spiro atoms. The van der Waals surface area contributed by atoms with Crippen LogP contribution in [-0.2, 0) is 4.74 Å². The highest BCUT2D eigenvalue weighted by Gasteiger charge is 2.33. The van der Waals surface area contributed by atoms with E-state index in [1.54, 1.807) is 0 Å². The lowest BCUT2D eigenvalue weighted by atomic mass is 9.91. The van der Waals surface area contributed by atoms with Crippen LogP contribution >= 0.6 is 0 Å². The zero-order valence-corrected chi connectivity index (χ0v) is 5.92. The maximum atomic E-state index is 9.26. The summed E-state index contributed by atoms with van der Waals surface area (Å²) in [6, 6.07) is 0.420. The quantitative estimate of drug-likeness (QED) is 0.495. The summed E-state index contributed by atoms with van der Waals surface area (Å²) in [6.07, 6.45) is 3.06. The lowest BCUT2D eigenvalue weighted by Crippen LogP contribution is -2.38. The van der Waals surface area contributed by atoms with Crippen LogP contribution in [-0.4, -0.2) is 30.1 Å². The molecule has 0 aromatic carbocycles. The van der Waals surface area contributed by atoms with Gasteiger partial charge in [-0.1, -0.05) is 0 Å². The molecular formula is C7H13NO2. The molecule has 1 aliphatic heterocycles. The van der Waals surface area contributed by atoms with E-state index in [2.05, 4.69) is 5.32 Å². The van der Waals surface area contributed by atoms with Crippen molar-refractivity contribution in [3.8, 4) is 0 Å². The molecule has 0 aromatic heterocycles. The smallest absolute Gasteiger partial charge is 0.0972 e. The van der Waals surface area contributed by atoms with Crippen molar-refractivity contribution in [2.45, 2.75) is 37.5 Å². The van der Waals surface area contributed by atoms with Crippen molar-refractivity contribution in [1.29, 1.82) is 0 Å². The molecule has 0 aromatic rings. The van der Waals surface area contributed by atoms with E-state index in [1.807, 2.05) is 0 Å². The van der Waals surface area contributed by atoms with Gasteiger partial charge in [-0.3, -0.25) is 5.32 Å². The molecule has 10 heavy (non-hydrogen) atoms. The van der Waals surface area contributed by atoms with Crippen LogP contribution < -0.4 is 5.32 Å². The molecule has 2 N–H and O–H groups in total. The minimum Gasteiger partial charge on any atom is -0.393 e. The first kappa shape index (κ1) is 6.58. The molecule has 0 bridgehead atoms. The van der Waals surface area contributed by atoms with Crippen molar-refractivity contribution in [3.63, 3.8) is 0 Å². The fourth-order valence-electron chi connectivity index (χ4n) is 1.80. The van der Waals surface area contributed by atoms with Crippen molar-refractivity contribution < 1.29 is 9.84 Å². The van der Waals surface area contributed by atoms with Gasteiger partial charge in [0.2, 0.25) is 0 Å². The summed E-state index contributed by atoms with van der Waals surface area (Å²) in [7, 11) is 0. The summed E-state index contributed by atoms with van der Waals surface area (Å²) in [5.41, 5.74) is 0. The van der Waals surface area contributed by atoms with E-state index in [1.165, 1.54) is 0 Å². The second-order valence-corrected chi connectivity index (χ2v) is 3.13. The van der Waals surface area contributed by atoms with Crippen LogP contribution in [0.3, 0.4) is 0 Å². The normalized spacial score (nSPS) is 47.1. The molecule has 3 nitrogen and oxygen atoms in total. The number of hydrogen-bond acceptors (Lipinski definition) is 3. The van der Waals surface area contributed by atoms with Crippen LogP contribution in [0.4, 0.5) is 0 Å². The lowest BCUT2D eigenvalue weighted by molar-refractivity contribution is 0.0371. The summed E-state index contributed by atoms with van der Waals surface area (Å²) < 4.78 is 5.38. The van der Waals surface area contributed by atoms with E-state index in [0.29, 0.717) is 18.9 Å². The molecule has 1 heterocycles. The van der Waals surface area contributed by atoms with E-state index in [0.717, 1.165) is 19.3 Å². The first-order valence-electron chi connectivity index (χ1n) is 3.89. The standard InChI is InChI=1S/C7H13NO2/c9-5-1-2-7-6(3-5)8-4-10-7/h5-9H,1-4H2. The summed E-state index contributed by atoms with van der Waals surface area (Å²) in [4.78, 5) is 0. The highest BCUT2D eigenvalue weighted by Crippen LogP contribution is 2.24. The number of aliphatic hydroxyl groups is 1. The maximum Gasteiger partial charge on any atom is 0.0972 e. The number of ether oxygens (including phenoxy) is 1. The van der Waals surface area contributed by atoms with Gasteiger partial charge in [-0.05, 0) is 19.3 Å². The predicted octanol–water partition coefficient (Wildman–Crippen LogP) is -0.154. The van der Waals surface area contributed by atoms with E-state index >= 15 is 0 Å². The largest absolute Gasteiger partial charge is 0.393 e. The summed E-state index contributed by atoms with van der Waals surface area (Å²) in [5.74, 6) is 0. The minimum absolute atomic E-state index is 0.101. The van der Waals surface area contributed by atoms with Crippen LogP contribution in [0.2, 0.25) is 0 Å². The molecule has 1 aliphatic carbocycles. The fourth-order valence-corrected chi connectivity index (χ4v) is 1.80. The first-order valence-corrected chi connectivity index (χ1v) is 3.89. The van der Waals surface area contributed by atoms with Crippen molar-refractivity contribution >= 4 is 0 Å². The summed E-state index contributed by atoms with van der Waals surface area (Å²) in [5, 5.41) is 12.5. The van der Waals surface area contributed by atoms with Crippen molar-refractivity contribution in [1.82, 2.24) is 5.32 Å². The average molecular weight is 143 g/mol. The van der Waals surface area contributed by atoms with Crippen LogP contribution in [0.15, 0.2) is 0 Å². The molecule has 1 saturated carbocycles. The third-order valence-corrected chi connectivity index (χ3v) is 2.40. The molecule has 2 rings (SSSR count). The average Bonchev–Trinajstić information content (AvgIpc) is 2.33. The first-order chi connectivity index (χ1) is 4.86. The molecule has 58 valence electrons. The van der Waals surface area contributed by atoms with Crippen molar-refractivity contribution in [2.75, 3.05) is 6.73 Å². The number of aliphatic hydroxyl groups excluding tert-OH is 1. The van der Waals surface area contributed by atoms with Gasteiger partial charge < -0.3 is 9.84 Å². The Bertz CT molecular complexity index is 129. The topological polar surface area (TPSA) is 41.5 Å². The zero-order chi connectivity index (χ0) is 6.97. The number of rotatable bonds is 0. The molecule has 0 radical (unpaired) electrons. The Morgan fingerprint density at radius 3 is 3.20 bits per heavy atom. The third kappa shape index (κ3) is 1.05. The Morgan fingerprint density at radius 1 is 1.40 bits per heavy atom. The molecule has 1 saturated heterocycles. The molecule has 3 atom stereocenters. The van der Waals surface area contributed by atoms with Gasteiger partial charge in [0.15, 0.2) is 0 Å². The zero-order valence-electron chi connectivity index (χ0n) is 5.92. The number of nitrogens with one attached hydrogen (secondary N) is 1. The van der Waals surface area contributed by atoms with Gasteiger partial charge in [0.05, 0.1) is 18.9 Å². The van der Waals surface area contributed by atoms with Gasteiger partial charge in [-0.15, -0.1) is 0 Å². The maximum absolute atomic E-state index is 9.26. The molecule has 3 unspecified atom stereocenters. The van der Waals surface area contributed by atoms with Crippen molar-refractivity contribution in [3.05, 3.63) is 0 Å². The Hall–Kier alpha value is -0.120. The minimum atomic E-state index is -0.101. The summed E-state index contributed by atoms with van der Waals surface area (Å²) >= 11 is 0. The second-order valence-electron chi connectivity index (χ2n) is 3.13. The summed E-state index contributed by atoms with van der Waals surface area (Å²) in [6.45, 7) is 0.669. The van der Waals surface area contributed by atoms with Crippen LogP contribution in [0.5, 0.6) is 0 Å². The lowest BCUT2D eigenvalue weighted by Gasteiger charge is -2.26. The Labute approximate surface area is 60.4 Å². The van der Waals surface area contributed by atoms with Gasteiger partial charge in [-0.25, -0.2) is 0 Å². The van der Waals surface area contributed by atoms with Crippen molar-refractivity contribution in [2.24, 2.45) is 0 Å². The predicted molar refractivity (Wildman–Crippen MR) is 36.5 cm³/mol. The Morgan fingerprint density at radius 2 is 2.30 bits per heavy atom.